The SMILES string of the molecule is COc1ccc2c(c1)Cc1ccccc1[I+]2. The van der Waals surface area contributed by atoms with Crippen molar-refractivity contribution in [1.82, 2.24) is 0 Å². The van der Waals surface area contributed by atoms with Crippen LogP contribution in [0.25, 0.3) is 0 Å². The highest BCUT2D eigenvalue weighted by Gasteiger charge is 2.28. The van der Waals surface area contributed by atoms with Crippen molar-refractivity contribution >= 4 is 0 Å². The maximum atomic E-state index is 5.28. The van der Waals surface area contributed by atoms with Gasteiger partial charge in [0.1, 0.15) is 5.75 Å². The van der Waals surface area contributed by atoms with Crippen molar-refractivity contribution in [3.8, 4) is 5.75 Å². The van der Waals surface area contributed by atoms with Crippen molar-refractivity contribution < 1.29 is 25.9 Å². The Bertz CT molecular complexity index is 534. The van der Waals surface area contributed by atoms with Gasteiger partial charge < -0.3 is 4.74 Å². The van der Waals surface area contributed by atoms with Gasteiger partial charge >= 0.3 is 21.2 Å². The molecule has 2 heteroatoms. The summed E-state index contributed by atoms with van der Waals surface area (Å²) < 4.78 is 8.39. The number of benzene rings is 2. The fraction of sp³-hybridized carbons (Fsp3) is 0.143. The van der Waals surface area contributed by atoms with E-state index >= 15 is 0 Å². The number of fused-ring (bicyclic) bond motifs is 2. The van der Waals surface area contributed by atoms with E-state index in [9.17, 15) is 0 Å². The average molecular weight is 323 g/mol. The molecule has 0 amide bonds. The van der Waals surface area contributed by atoms with Crippen LogP contribution in [0.1, 0.15) is 11.1 Å². The second kappa shape index (κ2) is 4.09. The normalized spacial score (nSPS) is 12.8. The third-order valence-corrected chi connectivity index (χ3v) is 6.06. The zero-order chi connectivity index (χ0) is 11.0. The lowest BCUT2D eigenvalue weighted by atomic mass is 10.0. The summed E-state index contributed by atoms with van der Waals surface area (Å²) >= 11 is 0.00163. The molecule has 0 N–H and O–H groups in total. The van der Waals surface area contributed by atoms with E-state index in [-0.39, 0.29) is 21.2 Å². The first kappa shape index (κ1) is 10.1. The van der Waals surface area contributed by atoms with Crippen LogP contribution in [0, 0.1) is 7.14 Å². The van der Waals surface area contributed by atoms with Gasteiger partial charge in [0.05, 0.1) is 7.11 Å². The van der Waals surface area contributed by atoms with Crippen molar-refractivity contribution in [2.45, 2.75) is 6.42 Å². The van der Waals surface area contributed by atoms with Crippen LogP contribution < -0.4 is 25.9 Å². The molecule has 0 saturated heterocycles. The van der Waals surface area contributed by atoms with E-state index in [1.165, 1.54) is 11.1 Å². The second-order valence-electron chi connectivity index (χ2n) is 3.82. The van der Waals surface area contributed by atoms with Crippen LogP contribution in [0.3, 0.4) is 0 Å². The average Bonchev–Trinajstić information content (AvgIpc) is 2.35. The van der Waals surface area contributed by atoms with Crippen LogP contribution in [0.5, 0.6) is 5.75 Å². The highest BCUT2D eigenvalue weighted by Crippen LogP contribution is 2.18. The van der Waals surface area contributed by atoms with Gasteiger partial charge in [-0.05, 0) is 24.3 Å². The van der Waals surface area contributed by atoms with Crippen molar-refractivity contribution in [2.24, 2.45) is 0 Å². The standard InChI is InChI=1S/C14H12IO/c1-16-12-6-7-14-11(9-12)8-10-4-2-3-5-13(10)15-14/h2-7,9H,8H2,1H3/q+1. The molecule has 0 aromatic heterocycles. The van der Waals surface area contributed by atoms with Crippen LogP contribution in [-0.4, -0.2) is 7.11 Å². The van der Waals surface area contributed by atoms with E-state index in [4.69, 9.17) is 4.74 Å². The molecule has 2 aromatic carbocycles. The lowest BCUT2D eigenvalue weighted by Gasteiger charge is -2.09. The molecule has 1 heterocycles. The van der Waals surface area contributed by atoms with E-state index in [1.807, 2.05) is 0 Å². The quantitative estimate of drug-likeness (QED) is 0.560. The second-order valence-corrected chi connectivity index (χ2v) is 6.68. The Kier molecular flexibility index (Phi) is 2.59. The van der Waals surface area contributed by atoms with E-state index < -0.39 is 0 Å². The highest BCUT2D eigenvalue weighted by molar-refractivity contribution is 5.33. The van der Waals surface area contributed by atoms with Crippen LogP contribution in [0.2, 0.25) is 0 Å². The molecule has 1 aliphatic rings. The Morgan fingerprint density at radius 2 is 1.81 bits per heavy atom. The molecule has 16 heavy (non-hydrogen) atoms. The summed E-state index contributed by atoms with van der Waals surface area (Å²) in [6.07, 6.45) is 1.06. The molecule has 0 bridgehead atoms. The molecule has 0 radical (unpaired) electrons. The van der Waals surface area contributed by atoms with Gasteiger partial charge in [0, 0.05) is 17.5 Å². The highest BCUT2D eigenvalue weighted by atomic mass is 127. The topological polar surface area (TPSA) is 9.23 Å². The van der Waals surface area contributed by atoms with Crippen molar-refractivity contribution in [3.63, 3.8) is 0 Å². The number of ether oxygens (including phenoxy) is 1. The molecule has 0 saturated carbocycles. The van der Waals surface area contributed by atoms with Gasteiger partial charge in [0.15, 0.2) is 7.14 Å². The molecule has 80 valence electrons. The summed E-state index contributed by atoms with van der Waals surface area (Å²) in [5, 5.41) is 0. The molecular formula is C14H12IO+. The van der Waals surface area contributed by atoms with Crippen LogP contribution in [-0.2, 0) is 6.42 Å². The van der Waals surface area contributed by atoms with E-state index in [0.717, 1.165) is 12.2 Å². The molecule has 1 nitrogen and oxygen atoms in total. The predicted octanol–water partition coefficient (Wildman–Crippen LogP) is -0.272. The summed E-state index contributed by atoms with van der Waals surface area (Å²) in [7, 11) is 1.73. The Labute approximate surface area is 106 Å². The zero-order valence-electron chi connectivity index (χ0n) is 9.03. The number of hydrogen-bond acceptors (Lipinski definition) is 1. The molecule has 0 fully saturated rings. The summed E-state index contributed by atoms with van der Waals surface area (Å²) in [5.41, 5.74) is 2.95. The first-order chi connectivity index (χ1) is 7.86. The van der Waals surface area contributed by atoms with Crippen LogP contribution >= 0.6 is 0 Å². The summed E-state index contributed by atoms with van der Waals surface area (Å²) in [6.45, 7) is 0. The molecule has 1 aliphatic heterocycles. The van der Waals surface area contributed by atoms with Gasteiger partial charge in [-0.3, -0.25) is 0 Å². The van der Waals surface area contributed by atoms with Gasteiger partial charge in [-0.15, -0.1) is 0 Å². The first-order valence-corrected chi connectivity index (χ1v) is 7.42. The molecule has 0 atom stereocenters. The van der Waals surface area contributed by atoms with E-state index in [0.29, 0.717) is 0 Å². The van der Waals surface area contributed by atoms with Crippen molar-refractivity contribution in [3.05, 3.63) is 60.7 Å². The molecule has 0 spiro atoms. The summed E-state index contributed by atoms with van der Waals surface area (Å²) in [5.74, 6) is 0.974. The fourth-order valence-electron chi connectivity index (χ4n) is 1.95. The van der Waals surface area contributed by atoms with E-state index in [1.54, 1.807) is 14.3 Å². The minimum Gasteiger partial charge on any atom is -0.497 e. The maximum Gasteiger partial charge on any atom is 0.358 e. The number of hydrogen-bond donors (Lipinski definition) is 0. The minimum atomic E-state index is 0.00163. The Morgan fingerprint density at radius 3 is 2.69 bits per heavy atom. The van der Waals surface area contributed by atoms with Gasteiger partial charge in [-0.2, -0.15) is 0 Å². The third kappa shape index (κ3) is 1.71. The molecule has 3 rings (SSSR count). The minimum absolute atomic E-state index is 0.00163. The smallest absolute Gasteiger partial charge is 0.358 e. The van der Waals surface area contributed by atoms with Gasteiger partial charge in [0.2, 0.25) is 0 Å². The molecule has 0 unspecified atom stereocenters. The predicted molar refractivity (Wildman–Crippen MR) is 59.6 cm³/mol. The Balaban J connectivity index is 2.05. The first-order valence-electron chi connectivity index (χ1n) is 5.26. The van der Waals surface area contributed by atoms with E-state index in [2.05, 4.69) is 42.5 Å². The fourth-order valence-corrected chi connectivity index (χ4v) is 4.74. The Morgan fingerprint density at radius 1 is 1.00 bits per heavy atom. The largest absolute Gasteiger partial charge is 0.497 e. The molecule has 2 aromatic rings. The van der Waals surface area contributed by atoms with Gasteiger partial charge in [-0.25, -0.2) is 0 Å². The number of halogens is 1. The lowest BCUT2D eigenvalue weighted by Crippen LogP contribution is -3.62. The molecular weight excluding hydrogens is 311 g/mol. The van der Waals surface area contributed by atoms with Crippen molar-refractivity contribution in [1.29, 1.82) is 0 Å². The monoisotopic (exact) mass is 323 g/mol. The zero-order valence-corrected chi connectivity index (χ0v) is 11.2. The number of methoxy groups -OCH3 is 1. The summed E-state index contributed by atoms with van der Waals surface area (Å²) in [6, 6.07) is 15.3. The Hall–Kier alpha value is -1.03. The van der Waals surface area contributed by atoms with Crippen LogP contribution in [0.15, 0.2) is 42.5 Å². The lowest BCUT2D eigenvalue weighted by molar-refractivity contribution is -0.601. The third-order valence-electron chi connectivity index (χ3n) is 2.80. The summed E-state index contributed by atoms with van der Waals surface area (Å²) in [4.78, 5) is 0. The molecule has 0 aliphatic carbocycles. The number of rotatable bonds is 1. The van der Waals surface area contributed by atoms with Crippen LogP contribution in [0.4, 0.5) is 0 Å². The maximum absolute atomic E-state index is 5.28. The van der Waals surface area contributed by atoms with Gasteiger partial charge in [0.25, 0.3) is 0 Å². The van der Waals surface area contributed by atoms with Gasteiger partial charge in [-0.1, -0.05) is 18.2 Å². The van der Waals surface area contributed by atoms with Crippen molar-refractivity contribution in [2.75, 3.05) is 7.11 Å².